The van der Waals surface area contributed by atoms with Gasteiger partial charge < -0.3 is 0 Å². The van der Waals surface area contributed by atoms with Crippen LogP contribution >= 0.6 is 0 Å². The third-order valence-electron chi connectivity index (χ3n) is 3.43. The van der Waals surface area contributed by atoms with Crippen molar-refractivity contribution in [3.8, 4) is 0 Å². The molecular weight excluding hydrogens is 196 g/mol. The second-order valence-corrected chi connectivity index (χ2v) is 4.94. The summed E-state index contributed by atoms with van der Waals surface area (Å²) in [6, 6.07) is 8.03. The monoisotopic (exact) mass is 218 g/mol. The largest absolute Gasteiger partial charge is 0.298 e. The molecule has 88 valence electrons. The minimum absolute atomic E-state index is 0.589. The maximum atomic E-state index is 10.6. The molecule has 1 heteroatoms. The van der Waals surface area contributed by atoms with Crippen molar-refractivity contribution in [3.63, 3.8) is 0 Å². The molecule has 0 aromatic heterocycles. The van der Waals surface area contributed by atoms with E-state index in [4.69, 9.17) is 0 Å². The zero-order valence-electron chi connectivity index (χ0n) is 10.7. The summed E-state index contributed by atoms with van der Waals surface area (Å²) in [4.78, 5) is 10.6. The Morgan fingerprint density at radius 3 is 2.06 bits per heavy atom. The van der Waals surface area contributed by atoms with E-state index in [1.807, 2.05) is 12.1 Å². The molecule has 0 saturated heterocycles. The van der Waals surface area contributed by atoms with Gasteiger partial charge in [-0.1, -0.05) is 58.4 Å². The van der Waals surface area contributed by atoms with E-state index in [2.05, 4.69) is 39.8 Å². The fraction of sp³-hybridized carbons (Fsp3) is 0.533. The fourth-order valence-electron chi connectivity index (χ4n) is 2.42. The van der Waals surface area contributed by atoms with Crippen LogP contribution in [0.25, 0.3) is 0 Å². The number of rotatable bonds is 5. The minimum atomic E-state index is 0.589. The van der Waals surface area contributed by atoms with Gasteiger partial charge >= 0.3 is 0 Å². The van der Waals surface area contributed by atoms with Gasteiger partial charge in [-0.25, -0.2) is 0 Å². The lowest BCUT2D eigenvalue weighted by atomic mass is 9.78. The van der Waals surface area contributed by atoms with Crippen LogP contribution in [0.4, 0.5) is 0 Å². The summed E-state index contributed by atoms with van der Waals surface area (Å²) in [6.45, 7) is 9.08. The van der Waals surface area contributed by atoms with Crippen molar-refractivity contribution in [2.75, 3.05) is 0 Å². The topological polar surface area (TPSA) is 17.1 Å². The van der Waals surface area contributed by atoms with Crippen LogP contribution in [0.3, 0.4) is 0 Å². The lowest BCUT2D eigenvalue weighted by molar-refractivity contribution is 0.112. The number of hydrogen-bond acceptors (Lipinski definition) is 1. The standard InChI is InChI=1S/C15H22O/c1-5-12(4)15(11(2)3)14-8-6-13(10-16)7-9-14/h6-12,15H,5H2,1-4H3. The maximum Gasteiger partial charge on any atom is 0.150 e. The summed E-state index contributed by atoms with van der Waals surface area (Å²) < 4.78 is 0. The first kappa shape index (κ1) is 13.0. The fourth-order valence-corrected chi connectivity index (χ4v) is 2.42. The Morgan fingerprint density at radius 1 is 1.12 bits per heavy atom. The number of benzene rings is 1. The molecule has 0 spiro atoms. The summed E-state index contributed by atoms with van der Waals surface area (Å²) in [5, 5.41) is 0. The zero-order chi connectivity index (χ0) is 12.1. The number of aldehydes is 1. The molecule has 0 aliphatic carbocycles. The van der Waals surface area contributed by atoms with E-state index in [-0.39, 0.29) is 0 Å². The number of hydrogen-bond donors (Lipinski definition) is 0. The molecule has 0 saturated carbocycles. The van der Waals surface area contributed by atoms with Crippen molar-refractivity contribution in [1.29, 1.82) is 0 Å². The Bertz CT molecular complexity index is 324. The van der Waals surface area contributed by atoms with E-state index < -0.39 is 0 Å². The summed E-state index contributed by atoms with van der Waals surface area (Å²) >= 11 is 0. The summed E-state index contributed by atoms with van der Waals surface area (Å²) in [5.41, 5.74) is 2.12. The van der Waals surface area contributed by atoms with Gasteiger partial charge in [0, 0.05) is 5.56 Å². The first-order chi connectivity index (χ1) is 7.60. The van der Waals surface area contributed by atoms with Gasteiger partial charge in [0.05, 0.1) is 0 Å². The van der Waals surface area contributed by atoms with Gasteiger partial charge in [0.25, 0.3) is 0 Å². The number of carbonyl (C=O) groups is 1. The average Bonchev–Trinajstić information content (AvgIpc) is 2.29. The molecule has 0 aliphatic heterocycles. The maximum absolute atomic E-state index is 10.6. The van der Waals surface area contributed by atoms with Gasteiger partial charge in [-0.2, -0.15) is 0 Å². The highest BCUT2D eigenvalue weighted by molar-refractivity contribution is 5.74. The van der Waals surface area contributed by atoms with Crippen LogP contribution in [-0.4, -0.2) is 6.29 Å². The van der Waals surface area contributed by atoms with Gasteiger partial charge in [-0.3, -0.25) is 4.79 Å². The van der Waals surface area contributed by atoms with Crippen LogP contribution in [0, 0.1) is 11.8 Å². The molecule has 1 rings (SSSR count). The molecule has 0 N–H and O–H groups in total. The predicted molar refractivity (Wildman–Crippen MR) is 68.9 cm³/mol. The quantitative estimate of drug-likeness (QED) is 0.674. The molecule has 0 amide bonds. The molecule has 1 aromatic rings. The predicted octanol–water partition coefficient (Wildman–Crippen LogP) is 4.28. The Morgan fingerprint density at radius 2 is 1.69 bits per heavy atom. The minimum Gasteiger partial charge on any atom is -0.298 e. The molecule has 0 fully saturated rings. The van der Waals surface area contributed by atoms with Crippen molar-refractivity contribution in [2.45, 2.75) is 40.0 Å². The van der Waals surface area contributed by atoms with Crippen LogP contribution < -0.4 is 0 Å². The Balaban J connectivity index is 2.97. The van der Waals surface area contributed by atoms with Crippen LogP contribution in [-0.2, 0) is 0 Å². The summed E-state index contributed by atoms with van der Waals surface area (Å²) in [7, 11) is 0. The molecule has 0 aliphatic rings. The Hall–Kier alpha value is -1.11. The molecule has 0 bridgehead atoms. The molecule has 16 heavy (non-hydrogen) atoms. The molecule has 0 heterocycles. The van der Waals surface area contributed by atoms with Crippen molar-refractivity contribution in [3.05, 3.63) is 35.4 Å². The van der Waals surface area contributed by atoms with E-state index in [9.17, 15) is 4.79 Å². The molecule has 2 atom stereocenters. The molecule has 1 nitrogen and oxygen atoms in total. The summed E-state index contributed by atoms with van der Waals surface area (Å²) in [5.74, 6) is 1.91. The van der Waals surface area contributed by atoms with Crippen LogP contribution in [0.1, 0.15) is 56.0 Å². The van der Waals surface area contributed by atoms with Crippen LogP contribution in [0.2, 0.25) is 0 Å². The number of carbonyl (C=O) groups excluding carboxylic acids is 1. The first-order valence-corrected chi connectivity index (χ1v) is 6.15. The van der Waals surface area contributed by atoms with Gasteiger partial charge in [-0.15, -0.1) is 0 Å². The molecule has 0 radical (unpaired) electrons. The highest BCUT2D eigenvalue weighted by Gasteiger charge is 2.21. The Labute approximate surface area is 98.9 Å². The van der Waals surface area contributed by atoms with E-state index >= 15 is 0 Å². The zero-order valence-corrected chi connectivity index (χ0v) is 10.7. The lowest BCUT2D eigenvalue weighted by Gasteiger charge is -2.27. The second-order valence-electron chi connectivity index (χ2n) is 4.94. The smallest absolute Gasteiger partial charge is 0.150 e. The van der Waals surface area contributed by atoms with Gasteiger partial charge in [0.2, 0.25) is 0 Å². The molecule has 2 unspecified atom stereocenters. The van der Waals surface area contributed by atoms with E-state index in [1.165, 1.54) is 12.0 Å². The van der Waals surface area contributed by atoms with Crippen molar-refractivity contribution >= 4 is 6.29 Å². The van der Waals surface area contributed by atoms with E-state index in [0.29, 0.717) is 17.8 Å². The van der Waals surface area contributed by atoms with Crippen LogP contribution in [0.15, 0.2) is 24.3 Å². The SMILES string of the molecule is CCC(C)C(c1ccc(C=O)cc1)C(C)C. The van der Waals surface area contributed by atoms with Gasteiger partial charge in [0.1, 0.15) is 6.29 Å². The normalized spacial score (nSPS) is 14.8. The van der Waals surface area contributed by atoms with Crippen LogP contribution in [0.5, 0.6) is 0 Å². The van der Waals surface area contributed by atoms with Crippen molar-refractivity contribution < 1.29 is 4.79 Å². The van der Waals surface area contributed by atoms with E-state index in [0.717, 1.165) is 11.8 Å². The average molecular weight is 218 g/mol. The summed E-state index contributed by atoms with van der Waals surface area (Å²) in [6.07, 6.45) is 2.09. The van der Waals surface area contributed by atoms with Crippen molar-refractivity contribution in [2.24, 2.45) is 11.8 Å². The van der Waals surface area contributed by atoms with Gasteiger partial charge in [-0.05, 0) is 23.3 Å². The molecular formula is C15H22O. The third kappa shape index (κ3) is 2.94. The highest BCUT2D eigenvalue weighted by atomic mass is 16.1. The third-order valence-corrected chi connectivity index (χ3v) is 3.43. The highest BCUT2D eigenvalue weighted by Crippen LogP contribution is 2.33. The van der Waals surface area contributed by atoms with Gasteiger partial charge in [0.15, 0.2) is 0 Å². The lowest BCUT2D eigenvalue weighted by Crippen LogP contribution is -2.15. The van der Waals surface area contributed by atoms with E-state index in [1.54, 1.807) is 0 Å². The van der Waals surface area contributed by atoms with Crippen molar-refractivity contribution in [1.82, 2.24) is 0 Å². The molecule has 1 aromatic carbocycles. The first-order valence-electron chi connectivity index (χ1n) is 6.15. The second kappa shape index (κ2) is 5.83. The Kier molecular flexibility index (Phi) is 4.72.